The van der Waals surface area contributed by atoms with Crippen molar-refractivity contribution in [2.24, 2.45) is 0 Å². The van der Waals surface area contributed by atoms with Crippen LogP contribution < -0.4 is 9.47 Å². The number of hydrogen-bond acceptors (Lipinski definition) is 3. The molecule has 0 spiro atoms. The molecule has 0 bridgehead atoms. The highest BCUT2D eigenvalue weighted by molar-refractivity contribution is 6.32. The van der Waals surface area contributed by atoms with E-state index < -0.39 is 11.4 Å². The largest absolute Gasteiger partial charge is 0.486 e. The highest BCUT2D eigenvalue weighted by atomic mass is 35.5. The maximum Gasteiger partial charge on any atom is 0.314 e. The molecule has 0 amide bonds. The van der Waals surface area contributed by atoms with Crippen molar-refractivity contribution < 1.29 is 19.4 Å². The summed E-state index contributed by atoms with van der Waals surface area (Å²) < 4.78 is 11.3. The van der Waals surface area contributed by atoms with Gasteiger partial charge >= 0.3 is 5.97 Å². The molecule has 1 fully saturated rings. The first-order chi connectivity index (χ1) is 10.1. The number of rotatable bonds is 2. The fourth-order valence-corrected chi connectivity index (χ4v) is 3.80. The van der Waals surface area contributed by atoms with Gasteiger partial charge in [0.15, 0.2) is 11.5 Å². The van der Waals surface area contributed by atoms with Crippen LogP contribution in [0.3, 0.4) is 0 Å². The van der Waals surface area contributed by atoms with Gasteiger partial charge in [0.25, 0.3) is 0 Å². The van der Waals surface area contributed by atoms with Gasteiger partial charge < -0.3 is 14.6 Å². The average Bonchev–Trinajstić information content (AvgIpc) is 2.51. The number of halogens is 1. The molecule has 1 aromatic carbocycles. The zero-order chi connectivity index (χ0) is 15.0. The highest BCUT2D eigenvalue weighted by Crippen LogP contribution is 2.48. The van der Waals surface area contributed by atoms with Gasteiger partial charge in [0.05, 0.1) is 10.4 Å². The molecule has 114 valence electrons. The first-order valence-corrected chi connectivity index (χ1v) is 7.76. The predicted octanol–water partition coefficient (Wildman–Crippen LogP) is 3.71. The van der Waals surface area contributed by atoms with Gasteiger partial charge in [-0.15, -0.1) is 0 Å². The summed E-state index contributed by atoms with van der Waals surface area (Å²) in [4.78, 5) is 12.0. The third kappa shape index (κ3) is 2.26. The van der Waals surface area contributed by atoms with Crippen LogP contribution in [-0.2, 0) is 10.2 Å². The van der Waals surface area contributed by atoms with Crippen molar-refractivity contribution in [2.75, 3.05) is 13.2 Å². The Labute approximate surface area is 129 Å². The van der Waals surface area contributed by atoms with Crippen LogP contribution in [0.5, 0.6) is 11.5 Å². The standard InChI is InChI=1S/C16H19ClO4/c1-10-11(16(15(18)19)5-3-2-4-6-16)9-12(17)14-13(10)20-7-8-21-14/h9H,2-8H2,1H3,(H,18,19). The van der Waals surface area contributed by atoms with Crippen molar-refractivity contribution in [1.29, 1.82) is 0 Å². The van der Waals surface area contributed by atoms with Gasteiger partial charge in [-0.2, -0.15) is 0 Å². The van der Waals surface area contributed by atoms with Crippen LogP contribution in [0.15, 0.2) is 6.07 Å². The molecule has 0 atom stereocenters. The monoisotopic (exact) mass is 310 g/mol. The van der Waals surface area contributed by atoms with E-state index in [4.69, 9.17) is 21.1 Å². The Balaban J connectivity index is 2.17. The Morgan fingerprint density at radius 1 is 1.19 bits per heavy atom. The number of carbonyl (C=O) groups is 1. The van der Waals surface area contributed by atoms with E-state index in [-0.39, 0.29) is 0 Å². The molecule has 0 saturated heterocycles. The predicted molar refractivity (Wildman–Crippen MR) is 79.6 cm³/mol. The second-order valence-corrected chi connectivity index (χ2v) is 6.24. The average molecular weight is 311 g/mol. The van der Waals surface area contributed by atoms with Gasteiger partial charge in [0.1, 0.15) is 13.2 Å². The van der Waals surface area contributed by atoms with Crippen LogP contribution in [0.4, 0.5) is 0 Å². The molecule has 2 aliphatic rings. The maximum absolute atomic E-state index is 12.0. The Kier molecular flexibility index (Phi) is 3.74. The van der Waals surface area contributed by atoms with Crippen molar-refractivity contribution in [2.45, 2.75) is 44.4 Å². The summed E-state index contributed by atoms with van der Waals surface area (Å²) >= 11 is 6.31. The normalized spacial score (nSPS) is 20.1. The number of fused-ring (bicyclic) bond motifs is 1. The van der Waals surface area contributed by atoms with E-state index in [0.717, 1.165) is 30.4 Å². The molecular formula is C16H19ClO4. The van der Waals surface area contributed by atoms with Crippen LogP contribution >= 0.6 is 11.6 Å². The highest BCUT2D eigenvalue weighted by Gasteiger charge is 2.43. The van der Waals surface area contributed by atoms with E-state index in [0.29, 0.717) is 42.6 Å². The molecule has 3 rings (SSSR count). The molecule has 4 nitrogen and oxygen atoms in total. The third-order valence-corrected chi connectivity index (χ3v) is 4.93. The van der Waals surface area contributed by atoms with E-state index in [9.17, 15) is 9.90 Å². The lowest BCUT2D eigenvalue weighted by Crippen LogP contribution is -2.38. The lowest BCUT2D eigenvalue weighted by Gasteiger charge is -2.36. The first kappa shape index (κ1) is 14.5. The second-order valence-electron chi connectivity index (χ2n) is 5.83. The summed E-state index contributed by atoms with van der Waals surface area (Å²) in [6, 6.07) is 1.77. The van der Waals surface area contributed by atoms with Crippen molar-refractivity contribution in [3.05, 3.63) is 22.2 Å². The Bertz CT molecular complexity index is 576. The minimum Gasteiger partial charge on any atom is -0.486 e. The zero-order valence-electron chi connectivity index (χ0n) is 12.1. The number of benzene rings is 1. The SMILES string of the molecule is Cc1c(C2(C(=O)O)CCCCC2)cc(Cl)c2c1OCCO2. The lowest BCUT2D eigenvalue weighted by atomic mass is 9.68. The van der Waals surface area contributed by atoms with E-state index >= 15 is 0 Å². The van der Waals surface area contributed by atoms with E-state index in [1.807, 2.05) is 6.92 Å². The summed E-state index contributed by atoms with van der Waals surface area (Å²) in [5, 5.41) is 10.3. The molecule has 0 radical (unpaired) electrons. The van der Waals surface area contributed by atoms with Gasteiger partial charge in [0, 0.05) is 0 Å². The first-order valence-electron chi connectivity index (χ1n) is 7.39. The molecule has 1 aliphatic carbocycles. The lowest BCUT2D eigenvalue weighted by molar-refractivity contribution is -0.145. The molecular weight excluding hydrogens is 292 g/mol. The molecule has 1 aromatic rings. The van der Waals surface area contributed by atoms with E-state index in [2.05, 4.69) is 0 Å². The molecule has 1 saturated carbocycles. The smallest absolute Gasteiger partial charge is 0.314 e. The summed E-state index contributed by atoms with van der Waals surface area (Å²) in [5.41, 5.74) is 0.782. The molecule has 1 heterocycles. The summed E-state index contributed by atoms with van der Waals surface area (Å²) in [5.74, 6) is 0.383. The van der Waals surface area contributed by atoms with Crippen molar-refractivity contribution in [3.8, 4) is 11.5 Å². The van der Waals surface area contributed by atoms with Crippen LogP contribution in [0.2, 0.25) is 5.02 Å². The minimum atomic E-state index is -0.845. The van der Waals surface area contributed by atoms with Crippen LogP contribution in [0.1, 0.15) is 43.2 Å². The summed E-state index contributed by atoms with van der Waals surface area (Å²) in [6.45, 7) is 2.84. The molecule has 5 heteroatoms. The zero-order valence-corrected chi connectivity index (χ0v) is 12.8. The number of hydrogen-bond donors (Lipinski definition) is 1. The van der Waals surface area contributed by atoms with Crippen molar-refractivity contribution in [1.82, 2.24) is 0 Å². The fourth-order valence-electron chi connectivity index (χ4n) is 3.55. The Morgan fingerprint density at radius 2 is 1.81 bits per heavy atom. The van der Waals surface area contributed by atoms with Crippen LogP contribution in [0.25, 0.3) is 0 Å². The summed E-state index contributed by atoms with van der Waals surface area (Å²) in [7, 11) is 0. The second kappa shape index (κ2) is 5.41. The Hall–Kier alpha value is -1.42. The summed E-state index contributed by atoms with van der Waals surface area (Å²) in [6.07, 6.45) is 4.25. The van der Waals surface area contributed by atoms with Gasteiger partial charge in [-0.3, -0.25) is 4.79 Å². The van der Waals surface area contributed by atoms with E-state index in [1.165, 1.54) is 0 Å². The Morgan fingerprint density at radius 3 is 2.43 bits per heavy atom. The number of ether oxygens (including phenoxy) is 2. The van der Waals surface area contributed by atoms with Crippen LogP contribution in [-0.4, -0.2) is 24.3 Å². The van der Waals surface area contributed by atoms with Gasteiger partial charge in [-0.05, 0) is 37.0 Å². The number of carboxylic acids is 1. The van der Waals surface area contributed by atoms with Crippen molar-refractivity contribution in [3.63, 3.8) is 0 Å². The van der Waals surface area contributed by atoms with Crippen LogP contribution in [0, 0.1) is 6.92 Å². The number of aliphatic carboxylic acids is 1. The maximum atomic E-state index is 12.0. The third-order valence-electron chi connectivity index (χ3n) is 4.65. The molecule has 1 N–H and O–H groups in total. The van der Waals surface area contributed by atoms with Crippen molar-refractivity contribution >= 4 is 17.6 Å². The molecule has 0 aromatic heterocycles. The quantitative estimate of drug-likeness (QED) is 0.905. The topological polar surface area (TPSA) is 55.8 Å². The van der Waals surface area contributed by atoms with Gasteiger partial charge in [0.2, 0.25) is 0 Å². The molecule has 21 heavy (non-hydrogen) atoms. The fraction of sp³-hybridized carbons (Fsp3) is 0.562. The number of carboxylic acid groups (broad SMARTS) is 1. The molecule has 1 aliphatic heterocycles. The minimum absolute atomic E-state index is 0.441. The van der Waals surface area contributed by atoms with Gasteiger partial charge in [-0.1, -0.05) is 30.9 Å². The van der Waals surface area contributed by atoms with Gasteiger partial charge in [-0.25, -0.2) is 0 Å². The van der Waals surface area contributed by atoms with E-state index in [1.54, 1.807) is 6.07 Å². The molecule has 0 unspecified atom stereocenters.